The zero-order chi connectivity index (χ0) is 13.8. The molecule has 1 heterocycles. The SMILES string of the molecule is CCNC(c1cc(OC)cs1)c1cc(C)ccc1C. The van der Waals surface area contributed by atoms with Crippen LogP contribution in [0.5, 0.6) is 5.75 Å². The number of hydrogen-bond acceptors (Lipinski definition) is 3. The highest BCUT2D eigenvalue weighted by molar-refractivity contribution is 7.10. The average molecular weight is 275 g/mol. The fourth-order valence-electron chi connectivity index (χ4n) is 2.23. The molecule has 1 unspecified atom stereocenters. The van der Waals surface area contributed by atoms with Crippen LogP contribution in [0.25, 0.3) is 0 Å². The summed E-state index contributed by atoms with van der Waals surface area (Å²) in [5, 5.41) is 5.64. The molecule has 0 saturated carbocycles. The molecule has 1 N–H and O–H groups in total. The Balaban J connectivity index is 2.41. The van der Waals surface area contributed by atoms with E-state index >= 15 is 0 Å². The van der Waals surface area contributed by atoms with Crippen LogP contribution in [0.15, 0.2) is 29.6 Å². The molecule has 102 valence electrons. The van der Waals surface area contributed by atoms with Crippen LogP contribution in [0, 0.1) is 13.8 Å². The predicted octanol–water partition coefficient (Wildman–Crippen LogP) is 4.07. The van der Waals surface area contributed by atoms with Gasteiger partial charge in [-0.25, -0.2) is 0 Å². The maximum Gasteiger partial charge on any atom is 0.129 e. The molecular formula is C16H21NOS. The van der Waals surface area contributed by atoms with Gasteiger partial charge in [0, 0.05) is 10.3 Å². The summed E-state index contributed by atoms with van der Waals surface area (Å²) in [6, 6.07) is 9.00. The molecule has 2 nitrogen and oxygen atoms in total. The van der Waals surface area contributed by atoms with Crippen molar-refractivity contribution < 1.29 is 4.74 Å². The van der Waals surface area contributed by atoms with Crippen LogP contribution >= 0.6 is 11.3 Å². The van der Waals surface area contributed by atoms with E-state index in [1.807, 2.05) is 0 Å². The summed E-state index contributed by atoms with van der Waals surface area (Å²) in [6.07, 6.45) is 0. The lowest BCUT2D eigenvalue weighted by Gasteiger charge is -2.19. The van der Waals surface area contributed by atoms with Crippen LogP contribution in [0.2, 0.25) is 0 Å². The Labute approximate surface area is 119 Å². The minimum atomic E-state index is 0.249. The molecule has 2 aromatic rings. The normalized spacial score (nSPS) is 12.4. The lowest BCUT2D eigenvalue weighted by molar-refractivity contribution is 0.416. The summed E-state index contributed by atoms with van der Waals surface area (Å²) in [5.41, 5.74) is 3.97. The maximum absolute atomic E-state index is 5.30. The van der Waals surface area contributed by atoms with Crippen molar-refractivity contribution in [2.24, 2.45) is 0 Å². The number of rotatable bonds is 5. The second-order valence-electron chi connectivity index (χ2n) is 4.74. The van der Waals surface area contributed by atoms with Gasteiger partial charge in [0.1, 0.15) is 5.75 Å². The molecule has 1 aromatic heterocycles. The minimum absolute atomic E-state index is 0.249. The first-order valence-corrected chi connectivity index (χ1v) is 7.46. The molecule has 0 fully saturated rings. The zero-order valence-corrected chi connectivity index (χ0v) is 12.8. The molecule has 1 atom stereocenters. The number of hydrogen-bond donors (Lipinski definition) is 1. The van der Waals surface area contributed by atoms with Gasteiger partial charge in [-0.15, -0.1) is 11.3 Å². The van der Waals surface area contributed by atoms with Crippen molar-refractivity contribution in [2.75, 3.05) is 13.7 Å². The summed E-state index contributed by atoms with van der Waals surface area (Å²) in [7, 11) is 1.71. The predicted molar refractivity (Wildman–Crippen MR) is 82.3 cm³/mol. The third kappa shape index (κ3) is 3.17. The van der Waals surface area contributed by atoms with Gasteiger partial charge in [0.25, 0.3) is 0 Å². The quantitative estimate of drug-likeness (QED) is 0.888. The number of benzene rings is 1. The van der Waals surface area contributed by atoms with Gasteiger partial charge in [-0.05, 0) is 37.6 Å². The molecule has 3 heteroatoms. The minimum Gasteiger partial charge on any atom is -0.496 e. The van der Waals surface area contributed by atoms with Crippen molar-refractivity contribution in [2.45, 2.75) is 26.8 Å². The average Bonchev–Trinajstić information content (AvgIpc) is 2.88. The second-order valence-corrected chi connectivity index (χ2v) is 5.68. The molecule has 0 saturated heterocycles. The van der Waals surface area contributed by atoms with Crippen LogP contribution in [-0.4, -0.2) is 13.7 Å². The number of aryl methyl sites for hydroxylation is 2. The molecule has 2 rings (SSSR count). The highest BCUT2D eigenvalue weighted by atomic mass is 32.1. The van der Waals surface area contributed by atoms with Gasteiger partial charge in [-0.2, -0.15) is 0 Å². The van der Waals surface area contributed by atoms with E-state index in [4.69, 9.17) is 4.74 Å². The highest BCUT2D eigenvalue weighted by Crippen LogP contribution is 2.32. The highest BCUT2D eigenvalue weighted by Gasteiger charge is 2.17. The van der Waals surface area contributed by atoms with Gasteiger partial charge in [-0.1, -0.05) is 30.7 Å². The number of nitrogens with one attached hydrogen (secondary N) is 1. The first-order chi connectivity index (χ1) is 9.15. The number of thiophene rings is 1. The number of methoxy groups -OCH3 is 1. The van der Waals surface area contributed by atoms with Crippen molar-refractivity contribution in [1.29, 1.82) is 0 Å². The van der Waals surface area contributed by atoms with E-state index in [-0.39, 0.29) is 6.04 Å². The fraction of sp³-hybridized carbons (Fsp3) is 0.375. The molecule has 0 spiro atoms. The van der Waals surface area contributed by atoms with E-state index in [0.29, 0.717) is 0 Å². The Morgan fingerprint density at radius 3 is 2.68 bits per heavy atom. The summed E-state index contributed by atoms with van der Waals surface area (Å²) in [4.78, 5) is 1.30. The van der Waals surface area contributed by atoms with Crippen LogP contribution in [0.4, 0.5) is 0 Å². The van der Waals surface area contributed by atoms with E-state index in [9.17, 15) is 0 Å². The van der Waals surface area contributed by atoms with Gasteiger partial charge in [0.15, 0.2) is 0 Å². The Hall–Kier alpha value is -1.32. The fourth-order valence-corrected chi connectivity index (χ4v) is 3.18. The third-order valence-electron chi connectivity index (χ3n) is 3.27. The van der Waals surface area contributed by atoms with Crippen molar-refractivity contribution in [3.05, 3.63) is 51.2 Å². The molecule has 0 amide bonds. The van der Waals surface area contributed by atoms with Crippen molar-refractivity contribution >= 4 is 11.3 Å². The largest absolute Gasteiger partial charge is 0.496 e. The Morgan fingerprint density at radius 1 is 1.26 bits per heavy atom. The smallest absolute Gasteiger partial charge is 0.129 e. The van der Waals surface area contributed by atoms with Gasteiger partial charge in [0.2, 0.25) is 0 Å². The maximum atomic E-state index is 5.30. The summed E-state index contributed by atoms with van der Waals surface area (Å²) in [6.45, 7) is 7.39. The van der Waals surface area contributed by atoms with Crippen molar-refractivity contribution in [3.63, 3.8) is 0 Å². The van der Waals surface area contributed by atoms with Gasteiger partial charge in [0.05, 0.1) is 13.2 Å². The Bertz CT molecular complexity index is 547. The Morgan fingerprint density at radius 2 is 2.05 bits per heavy atom. The molecule has 0 aliphatic carbocycles. The second kappa shape index (κ2) is 6.22. The zero-order valence-electron chi connectivity index (χ0n) is 12.0. The van der Waals surface area contributed by atoms with E-state index in [0.717, 1.165) is 12.3 Å². The van der Waals surface area contributed by atoms with Gasteiger partial charge < -0.3 is 10.1 Å². The molecular weight excluding hydrogens is 254 g/mol. The lowest BCUT2D eigenvalue weighted by atomic mass is 9.98. The summed E-state index contributed by atoms with van der Waals surface area (Å²) >= 11 is 1.74. The molecule has 0 aliphatic rings. The van der Waals surface area contributed by atoms with Crippen LogP contribution < -0.4 is 10.1 Å². The third-order valence-corrected chi connectivity index (χ3v) is 4.25. The summed E-state index contributed by atoms with van der Waals surface area (Å²) in [5.74, 6) is 0.938. The van der Waals surface area contributed by atoms with E-state index in [2.05, 4.69) is 55.7 Å². The molecule has 0 aliphatic heterocycles. The monoisotopic (exact) mass is 275 g/mol. The van der Waals surface area contributed by atoms with Crippen molar-refractivity contribution in [1.82, 2.24) is 5.32 Å². The molecule has 0 radical (unpaired) electrons. The van der Waals surface area contributed by atoms with Crippen LogP contribution in [-0.2, 0) is 0 Å². The number of ether oxygens (including phenoxy) is 1. The van der Waals surface area contributed by atoms with Gasteiger partial charge in [-0.3, -0.25) is 0 Å². The summed E-state index contributed by atoms with van der Waals surface area (Å²) < 4.78 is 5.30. The van der Waals surface area contributed by atoms with Crippen LogP contribution in [0.3, 0.4) is 0 Å². The molecule has 19 heavy (non-hydrogen) atoms. The molecule has 1 aromatic carbocycles. The van der Waals surface area contributed by atoms with Crippen LogP contribution in [0.1, 0.15) is 34.5 Å². The first-order valence-electron chi connectivity index (χ1n) is 6.58. The Kier molecular flexibility index (Phi) is 4.61. The van der Waals surface area contributed by atoms with E-state index in [1.54, 1.807) is 18.4 Å². The van der Waals surface area contributed by atoms with E-state index in [1.165, 1.54) is 21.6 Å². The standard InChI is InChI=1S/C16H21NOS/c1-5-17-16(15-9-13(18-4)10-19-15)14-8-11(2)6-7-12(14)3/h6-10,16-17H,5H2,1-4H3. The van der Waals surface area contributed by atoms with Crippen molar-refractivity contribution in [3.8, 4) is 5.75 Å². The topological polar surface area (TPSA) is 21.3 Å². The lowest BCUT2D eigenvalue weighted by Crippen LogP contribution is -2.22. The molecule has 0 bridgehead atoms. The van der Waals surface area contributed by atoms with Gasteiger partial charge >= 0.3 is 0 Å². The van der Waals surface area contributed by atoms with E-state index < -0.39 is 0 Å². The first kappa shape index (κ1) is 14.1.